The number of benzene rings is 2. The van der Waals surface area contributed by atoms with Crippen LogP contribution in [0, 0.1) is 5.92 Å². The van der Waals surface area contributed by atoms with Crippen LogP contribution >= 0.6 is 11.6 Å². The Kier molecular flexibility index (Phi) is 7.70. The van der Waals surface area contributed by atoms with E-state index in [1.165, 1.54) is 6.33 Å². The molecule has 2 heterocycles. The first-order valence-corrected chi connectivity index (χ1v) is 12.3. The molecule has 3 aromatic rings. The average molecular weight is 496 g/mol. The summed E-state index contributed by atoms with van der Waals surface area (Å²) in [5, 5.41) is 4.24. The Hall–Kier alpha value is -3.39. The van der Waals surface area contributed by atoms with Crippen molar-refractivity contribution >= 4 is 45.8 Å². The Morgan fingerprint density at radius 3 is 2.49 bits per heavy atom. The lowest BCUT2D eigenvalue weighted by Gasteiger charge is -2.22. The van der Waals surface area contributed by atoms with Crippen LogP contribution in [0.5, 0.6) is 5.75 Å². The summed E-state index contributed by atoms with van der Waals surface area (Å²) < 4.78 is 6.01. The summed E-state index contributed by atoms with van der Waals surface area (Å²) in [4.78, 5) is 35.5. The molecule has 1 atom stereocenters. The van der Waals surface area contributed by atoms with Crippen molar-refractivity contribution in [2.75, 3.05) is 18.4 Å². The smallest absolute Gasteiger partial charge is 0.258 e. The Balaban J connectivity index is 1.62. The molecule has 3 N–H and O–H groups in total. The molecule has 2 amide bonds. The normalized spacial score (nSPS) is 15.0. The van der Waals surface area contributed by atoms with Crippen LogP contribution in [0.1, 0.15) is 49.9 Å². The number of fused-ring (bicyclic) bond motifs is 1. The van der Waals surface area contributed by atoms with Gasteiger partial charge in [-0.15, -0.1) is 0 Å². The first-order valence-electron chi connectivity index (χ1n) is 11.9. The van der Waals surface area contributed by atoms with E-state index in [1.807, 2.05) is 24.8 Å². The molecule has 184 valence electrons. The van der Waals surface area contributed by atoms with Crippen LogP contribution in [0.2, 0.25) is 5.02 Å². The maximum Gasteiger partial charge on any atom is 0.258 e. The number of hydrogen-bond donors (Lipinski definition) is 2. The zero-order chi connectivity index (χ0) is 24.9. The zero-order valence-corrected chi connectivity index (χ0v) is 20.7. The van der Waals surface area contributed by atoms with Crippen LogP contribution in [0.15, 0.2) is 42.7 Å². The van der Waals surface area contributed by atoms with Gasteiger partial charge >= 0.3 is 0 Å². The largest absolute Gasteiger partial charge is 0.479 e. The summed E-state index contributed by atoms with van der Waals surface area (Å²) in [5.74, 6) is 0.233. The fraction of sp³-hybridized carbons (Fsp3) is 0.385. The van der Waals surface area contributed by atoms with Crippen molar-refractivity contribution < 1.29 is 14.3 Å². The third kappa shape index (κ3) is 5.65. The second-order valence-electron chi connectivity index (χ2n) is 9.08. The van der Waals surface area contributed by atoms with E-state index in [9.17, 15) is 9.59 Å². The van der Waals surface area contributed by atoms with E-state index in [0.717, 1.165) is 38.8 Å². The number of carbonyl (C=O) groups is 2. The molecule has 4 rings (SSSR count). The van der Waals surface area contributed by atoms with Crippen molar-refractivity contribution in [1.82, 2.24) is 14.9 Å². The van der Waals surface area contributed by atoms with Crippen molar-refractivity contribution in [2.45, 2.75) is 45.6 Å². The third-order valence-electron chi connectivity index (χ3n) is 6.12. The third-order valence-corrected chi connectivity index (χ3v) is 6.43. The maximum atomic E-state index is 13.0. The Labute approximate surface area is 209 Å². The SMILES string of the molecule is CC(C)[C@@H](Oc1cccc2ncnc(Nc3ccc(C(=O)N4CCCCCC4)c(Cl)c3)c12)C(N)=O. The second kappa shape index (κ2) is 10.9. The molecule has 0 aliphatic carbocycles. The highest BCUT2D eigenvalue weighted by Gasteiger charge is 2.24. The molecular weight excluding hydrogens is 466 g/mol. The molecule has 0 radical (unpaired) electrons. The van der Waals surface area contributed by atoms with E-state index in [2.05, 4.69) is 15.3 Å². The number of primary amides is 1. The molecule has 35 heavy (non-hydrogen) atoms. The Bertz CT molecular complexity index is 1220. The molecule has 0 bridgehead atoms. The molecule has 0 saturated carbocycles. The molecule has 1 aliphatic rings. The van der Waals surface area contributed by atoms with Crippen molar-refractivity contribution in [3.63, 3.8) is 0 Å². The van der Waals surface area contributed by atoms with Gasteiger partial charge in [-0.05, 0) is 49.1 Å². The summed E-state index contributed by atoms with van der Waals surface area (Å²) in [6, 6.07) is 10.6. The number of hydrogen-bond acceptors (Lipinski definition) is 6. The fourth-order valence-electron chi connectivity index (χ4n) is 4.28. The summed E-state index contributed by atoms with van der Waals surface area (Å²) in [7, 11) is 0. The van der Waals surface area contributed by atoms with Gasteiger partial charge in [-0.3, -0.25) is 9.59 Å². The molecule has 9 heteroatoms. The van der Waals surface area contributed by atoms with Crippen LogP contribution < -0.4 is 15.8 Å². The summed E-state index contributed by atoms with van der Waals surface area (Å²) >= 11 is 6.54. The molecule has 1 fully saturated rings. The topological polar surface area (TPSA) is 110 Å². The van der Waals surface area contributed by atoms with E-state index in [1.54, 1.807) is 30.3 Å². The first kappa shape index (κ1) is 24.7. The van der Waals surface area contributed by atoms with Gasteiger partial charge in [0.1, 0.15) is 17.9 Å². The minimum Gasteiger partial charge on any atom is -0.479 e. The summed E-state index contributed by atoms with van der Waals surface area (Å²) in [6.07, 6.45) is 4.98. The Morgan fingerprint density at radius 2 is 1.83 bits per heavy atom. The van der Waals surface area contributed by atoms with Crippen LogP contribution in [0.25, 0.3) is 10.9 Å². The number of anilines is 2. The lowest BCUT2D eigenvalue weighted by Crippen LogP contribution is -2.38. The number of nitrogens with two attached hydrogens (primary N) is 1. The molecule has 2 aromatic carbocycles. The van der Waals surface area contributed by atoms with Crippen molar-refractivity contribution in [3.8, 4) is 5.75 Å². The quantitative estimate of drug-likeness (QED) is 0.480. The predicted octanol–water partition coefficient (Wildman–Crippen LogP) is 4.93. The predicted molar refractivity (Wildman–Crippen MR) is 137 cm³/mol. The van der Waals surface area contributed by atoms with Crippen LogP contribution in [-0.4, -0.2) is 45.9 Å². The van der Waals surface area contributed by atoms with Crippen LogP contribution in [0.4, 0.5) is 11.5 Å². The van der Waals surface area contributed by atoms with Gasteiger partial charge in [-0.1, -0.05) is 44.4 Å². The number of amides is 2. The van der Waals surface area contributed by atoms with E-state index in [0.29, 0.717) is 38.7 Å². The zero-order valence-electron chi connectivity index (χ0n) is 20.0. The number of ether oxygens (including phenoxy) is 1. The van der Waals surface area contributed by atoms with Gasteiger partial charge in [0, 0.05) is 18.8 Å². The monoisotopic (exact) mass is 495 g/mol. The van der Waals surface area contributed by atoms with Gasteiger partial charge in [0.15, 0.2) is 6.10 Å². The molecule has 1 aliphatic heterocycles. The number of carbonyl (C=O) groups excluding carboxylic acids is 2. The van der Waals surface area contributed by atoms with Crippen molar-refractivity contribution in [2.24, 2.45) is 11.7 Å². The molecule has 1 aromatic heterocycles. The lowest BCUT2D eigenvalue weighted by molar-refractivity contribution is -0.126. The van der Waals surface area contributed by atoms with Gasteiger partial charge in [0.2, 0.25) is 0 Å². The Morgan fingerprint density at radius 1 is 1.09 bits per heavy atom. The minimum absolute atomic E-state index is 0.0437. The van der Waals surface area contributed by atoms with Gasteiger partial charge in [0.05, 0.1) is 21.5 Å². The molecular formula is C26H30ClN5O3. The molecule has 0 spiro atoms. The number of rotatable bonds is 7. The molecule has 0 unspecified atom stereocenters. The lowest BCUT2D eigenvalue weighted by atomic mass is 10.1. The van der Waals surface area contributed by atoms with Gasteiger partial charge < -0.3 is 20.7 Å². The highest BCUT2D eigenvalue weighted by atomic mass is 35.5. The minimum atomic E-state index is -0.799. The van der Waals surface area contributed by atoms with Crippen LogP contribution in [0.3, 0.4) is 0 Å². The maximum absolute atomic E-state index is 13.0. The number of aromatic nitrogens is 2. The van der Waals surface area contributed by atoms with E-state index < -0.39 is 12.0 Å². The number of halogens is 1. The second-order valence-corrected chi connectivity index (χ2v) is 9.49. The molecule has 8 nitrogen and oxygen atoms in total. The summed E-state index contributed by atoms with van der Waals surface area (Å²) in [6.45, 7) is 5.25. The van der Waals surface area contributed by atoms with Crippen LogP contribution in [-0.2, 0) is 4.79 Å². The molecule has 1 saturated heterocycles. The average Bonchev–Trinajstić information content (AvgIpc) is 3.11. The number of nitrogens with zero attached hydrogens (tertiary/aromatic N) is 3. The number of likely N-dealkylation sites (tertiary alicyclic amines) is 1. The standard InChI is InChI=1S/C26H30ClN5O3/c1-16(2)23(24(28)33)35-21-9-7-8-20-22(21)25(30-15-29-20)31-17-10-11-18(19(27)14-17)26(34)32-12-5-3-4-6-13-32/h7-11,14-16,23H,3-6,12-13H2,1-2H3,(H2,28,33)(H,29,30,31)/t23-/m1/s1. The highest BCUT2D eigenvalue weighted by Crippen LogP contribution is 2.34. The van der Waals surface area contributed by atoms with E-state index in [4.69, 9.17) is 22.1 Å². The van der Waals surface area contributed by atoms with Crippen molar-refractivity contribution in [1.29, 1.82) is 0 Å². The first-order chi connectivity index (χ1) is 16.8. The van der Waals surface area contributed by atoms with Crippen molar-refractivity contribution in [3.05, 3.63) is 53.3 Å². The summed E-state index contributed by atoms with van der Waals surface area (Å²) in [5.41, 5.74) is 7.34. The highest BCUT2D eigenvalue weighted by molar-refractivity contribution is 6.34. The number of nitrogens with one attached hydrogen (secondary N) is 1. The van der Waals surface area contributed by atoms with Gasteiger partial charge in [-0.25, -0.2) is 9.97 Å². The van der Waals surface area contributed by atoms with E-state index >= 15 is 0 Å². The fourth-order valence-corrected chi connectivity index (χ4v) is 4.54. The van der Waals surface area contributed by atoms with Gasteiger partial charge in [0.25, 0.3) is 11.8 Å². The van der Waals surface area contributed by atoms with E-state index in [-0.39, 0.29) is 11.8 Å². The van der Waals surface area contributed by atoms with Gasteiger partial charge in [-0.2, -0.15) is 0 Å².